The maximum atomic E-state index is 12.5. The van der Waals surface area contributed by atoms with Crippen molar-refractivity contribution >= 4 is 5.97 Å². The summed E-state index contributed by atoms with van der Waals surface area (Å²) in [6, 6.07) is 6.13. The van der Waals surface area contributed by atoms with Crippen LogP contribution in [-0.2, 0) is 11.2 Å². The highest BCUT2D eigenvalue weighted by Crippen LogP contribution is 2.18. The molecule has 1 aromatic rings. The summed E-state index contributed by atoms with van der Waals surface area (Å²) in [7, 11) is 0. The number of hydrogen-bond acceptors (Lipinski definition) is 2. The minimum absolute atomic E-state index is 0.153. The van der Waals surface area contributed by atoms with Crippen molar-refractivity contribution in [2.45, 2.75) is 19.3 Å². The lowest BCUT2D eigenvalue weighted by Gasteiger charge is -2.12. The molecule has 0 atom stereocenters. The Balaban J connectivity index is 2.64. The van der Waals surface area contributed by atoms with Gasteiger partial charge in [0.15, 0.2) is 6.61 Å². The van der Waals surface area contributed by atoms with Gasteiger partial charge in [-0.05, 0) is 17.7 Å². The van der Waals surface area contributed by atoms with Gasteiger partial charge in [-0.25, -0.2) is 8.78 Å². The van der Waals surface area contributed by atoms with Crippen molar-refractivity contribution in [3.05, 3.63) is 29.8 Å². The fraction of sp³-hybridized carbons (Fsp3) is 0.364. The number of rotatable bonds is 5. The molecule has 1 N–H and O–H groups in total. The first-order valence-electron chi connectivity index (χ1n) is 4.68. The zero-order valence-electron chi connectivity index (χ0n) is 8.74. The van der Waals surface area contributed by atoms with Gasteiger partial charge in [0.2, 0.25) is 0 Å². The average Bonchev–Trinajstić information content (AvgIpc) is 2.13. The predicted molar refractivity (Wildman–Crippen MR) is 53.9 cm³/mol. The van der Waals surface area contributed by atoms with E-state index in [4.69, 9.17) is 9.84 Å². The van der Waals surface area contributed by atoms with Crippen LogP contribution in [-0.4, -0.2) is 23.6 Å². The summed E-state index contributed by atoms with van der Waals surface area (Å²) in [5.41, 5.74) is 0.518. The van der Waals surface area contributed by atoms with E-state index >= 15 is 0 Å². The molecular formula is C11H12F2O3. The van der Waals surface area contributed by atoms with Gasteiger partial charge >= 0.3 is 5.97 Å². The largest absolute Gasteiger partial charge is 0.487 e. The summed E-state index contributed by atoms with van der Waals surface area (Å²) in [4.78, 5) is 10.4. The van der Waals surface area contributed by atoms with Crippen molar-refractivity contribution in [2.24, 2.45) is 0 Å². The summed E-state index contributed by atoms with van der Waals surface area (Å²) in [6.07, 6.45) is -0.153. The first-order chi connectivity index (χ1) is 7.37. The number of benzene rings is 1. The highest BCUT2D eigenvalue weighted by atomic mass is 19.3. The van der Waals surface area contributed by atoms with Crippen LogP contribution in [0.5, 0.6) is 5.75 Å². The molecule has 0 aliphatic carbocycles. The van der Waals surface area contributed by atoms with E-state index in [9.17, 15) is 13.6 Å². The van der Waals surface area contributed by atoms with Crippen LogP contribution in [0, 0.1) is 0 Å². The third-order valence-corrected chi connectivity index (χ3v) is 1.75. The Hall–Kier alpha value is -1.65. The van der Waals surface area contributed by atoms with Crippen molar-refractivity contribution in [3.63, 3.8) is 0 Å². The smallest absolute Gasteiger partial charge is 0.307 e. The summed E-state index contributed by atoms with van der Waals surface area (Å²) in [5, 5.41) is 8.56. The third kappa shape index (κ3) is 4.72. The lowest BCUT2D eigenvalue weighted by atomic mass is 10.1. The van der Waals surface area contributed by atoms with Gasteiger partial charge in [0.05, 0.1) is 6.42 Å². The fourth-order valence-corrected chi connectivity index (χ4v) is 1.13. The molecule has 0 spiro atoms. The zero-order valence-corrected chi connectivity index (χ0v) is 8.74. The molecule has 0 unspecified atom stereocenters. The molecule has 0 fully saturated rings. The zero-order chi connectivity index (χ0) is 12.2. The predicted octanol–water partition coefficient (Wildman–Crippen LogP) is 2.35. The Morgan fingerprint density at radius 3 is 2.75 bits per heavy atom. The number of halogens is 2. The molecule has 1 rings (SSSR count). The first-order valence-corrected chi connectivity index (χ1v) is 4.68. The minimum atomic E-state index is -2.90. The molecule has 0 saturated heterocycles. The number of carboxylic acids is 1. The summed E-state index contributed by atoms with van der Waals surface area (Å²) >= 11 is 0. The molecular weight excluding hydrogens is 218 g/mol. The maximum Gasteiger partial charge on any atom is 0.307 e. The highest BCUT2D eigenvalue weighted by Gasteiger charge is 2.21. The van der Waals surface area contributed by atoms with Crippen molar-refractivity contribution < 1.29 is 23.4 Å². The summed E-state index contributed by atoms with van der Waals surface area (Å²) in [6.45, 7) is 0.0393. The number of carbonyl (C=O) groups is 1. The molecule has 5 heteroatoms. The first kappa shape index (κ1) is 12.4. The molecule has 0 radical (unpaired) electrons. The van der Waals surface area contributed by atoms with Gasteiger partial charge in [0.25, 0.3) is 5.92 Å². The van der Waals surface area contributed by atoms with Crippen LogP contribution in [0.3, 0.4) is 0 Å². The molecule has 1 aromatic carbocycles. The molecule has 16 heavy (non-hydrogen) atoms. The summed E-state index contributed by atoms with van der Waals surface area (Å²) < 4.78 is 29.8. The van der Waals surface area contributed by atoms with Gasteiger partial charge in [-0.1, -0.05) is 12.1 Å². The van der Waals surface area contributed by atoms with Gasteiger partial charge in [0, 0.05) is 6.92 Å². The minimum Gasteiger partial charge on any atom is -0.487 e. The Bertz CT molecular complexity index is 372. The van der Waals surface area contributed by atoms with Crippen LogP contribution >= 0.6 is 0 Å². The molecule has 0 bridgehead atoms. The lowest BCUT2D eigenvalue weighted by Crippen LogP contribution is -2.20. The van der Waals surface area contributed by atoms with Crippen LogP contribution in [0.15, 0.2) is 24.3 Å². The quantitative estimate of drug-likeness (QED) is 0.844. The molecule has 3 nitrogen and oxygen atoms in total. The van der Waals surface area contributed by atoms with E-state index in [2.05, 4.69) is 0 Å². The molecule has 0 saturated carbocycles. The van der Waals surface area contributed by atoms with Gasteiger partial charge in [-0.15, -0.1) is 0 Å². The van der Waals surface area contributed by atoms with Crippen molar-refractivity contribution in [3.8, 4) is 5.75 Å². The summed E-state index contributed by atoms with van der Waals surface area (Å²) in [5.74, 6) is -3.62. The second kappa shape index (κ2) is 4.92. The van der Waals surface area contributed by atoms with Crippen LogP contribution in [0.4, 0.5) is 8.78 Å². The number of aliphatic carboxylic acids is 1. The third-order valence-electron chi connectivity index (χ3n) is 1.75. The highest BCUT2D eigenvalue weighted by molar-refractivity contribution is 5.70. The van der Waals surface area contributed by atoms with E-state index in [1.165, 1.54) is 12.1 Å². The number of ether oxygens (including phenoxy) is 1. The topological polar surface area (TPSA) is 46.5 Å². The monoisotopic (exact) mass is 230 g/mol. The van der Waals surface area contributed by atoms with Crippen molar-refractivity contribution in [2.75, 3.05) is 6.61 Å². The number of hydrogen-bond donors (Lipinski definition) is 1. The molecule has 88 valence electrons. The molecule has 0 aromatic heterocycles. The molecule has 0 aliphatic rings. The van der Waals surface area contributed by atoms with Gasteiger partial charge in [-0.3, -0.25) is 4.79 Å². The van der Waals surface area contributed by atoms with E-state index in [1.54, 1.807) is 12.1 Å². The molecule has 0 amide bonds. The van der Waals surface area contributed by atoms with E-state index in [-0.39, 0.29) is 12.2 Å². The SMILES string of the molecule is CC(F)(F)COc1cccc(CC(=O)O)c1. The Morgan fingerprint density at radius 1 is 1.50 bits per heavy atom. The van der Waals surface area contributed by atoms with Crippen LogP contribution < -0.4 is 4.74 Å². The Kier molecular flexibility index (Phi) is 3.82. The van der Waals surface area contributed by atoms with Gasteiger partial charge < -0.3 is 9.84 Å². The Morgan fingerprint density at radius 2 is 2.19 bits per heavy atom. The average molecular weight is 230 g/mol. The normalized spacial score (nSPS) is 11.2. The standard InChI is InChI=1S/C11H12F2O3/c1-11(12,13)7-16-9-4-2-3-8(5-9)6-10(14)15/h2-5H,6-7H2,1H3,(H,14,15). The van der Waals surface area contributed by atoms with Crippen LogP contribution in [0.1, 0.15) is 12.5 Å². The number of alkyl halides is 2. The van der Waals surface area contributed by atoms with Crippen molar-refractivity contribution in [1.29, 1.82) is 0 Å². The van der Waals surface area contributed by atoms with Gasteiger partial charge in [-0.2, -0.15) is 0 Å². The Labute approximate surface area is 91.7 Å². The number of carboxylic acid groups (broad SMARTS) is 1. The second-order valence-corrected chi connectivity index (χ2v) is 3.58. The van der Waals surface area contributed by atoms with E-state index in [0.717, 1.165) is 6.92 Å². The van der Waals surface area contributed by atoms with E-state index in [1.807, 2.05) is 0 Å². The second-order valence-electron chi connectivity index (χ2n) is 3.58. The van der Waals surface area contributed by atoms with E-state index < -0.39 is 18.5 Å². The molecule has 0 heterocycles. The van der Waals surface area contributed by atoms with Crippen molar-refractivity contribution in [1.82, 2.24) is 0 Å². The maximum absolute atomic E-state index is 12.5. The fourth-order valence-electron chi connectivity index (χ4n) is 1.13. The van der Waals surface area contributed by atoms with Crippen LogP contribution in [0.2, 0.25) is 0 Å². The lowest BCUT2D eigenvalue weighted by molar-refractivity contribution is -0.136. The van der Waals surface area contributed by atoms with E-state index in [0.29, 0.717) is 5.56 Å². The molecule has 0 aliphatic heterocycles. The van der Waals surface area contributed by atoms with Gasteiger partial charge in [0.1, 0.15) is 5.75 Å². The van der Waals surface area contributed by atoms with Crippen LogP contribution in [0.25, 0.3) is 0 Å².